The van der Waals surface area contributed by atoms with Crippen LogP contribution in [0.4, 0.5) is 5.69 Å². The molecule has 7 nitrogen and oxygen atoms in total. The number of sulfonamides is 1. The monoisotopic (exact) mass is 691 g/mol. The summed E-state index contributed by atoms with van der Waals surface area (Å²) in [5.41, 5.74) is 2.63. The fourth-order valence-corrected chi connectivity index (χ4v) is 7.79. The number of carbonyl (C=O) groups is 2. The van der Waals surface area contributed by atoms with Crippen molar-refractivity contribution < 1.29 is 18.0 Å². The van der Waals surface area contributed by atoms with Crippen LogP contribution < -0.4 is 9.62 Å². The Bertz CT molecular complexity index is 1760. The third kappa shape index (κ3) is 8.74. The largest absolute Gasteiger partial charge is 0.352 e. The topological polar surface area (TPSA) is 86.8 Å². The van der Waals surface area contributed by atoms with E-state index >= 15 is 0 Å². The van der Waals surface area contributed by atoms with Gasteiger partial charge in [-0.25, -0.2) is 8.42 Å². The van der Waals surface area contributed by atoms with Gasteiger partial charge in [-0.1, -0.05) is 127 Å². The molecule has 0 bridgehead atoms. The summed E-state index contributed by atoms with van der Waals surface area (Å²) in [6.07, 6.45) is 5.22. The van der Waals surface area contributed by atoms with Crippen molar-refractivity contribution in [2.75, 3.05) is 10.8 Å². The van der Waals surface area contributed by atoms with E-state index in [1.54, 1.807) is 24.3 Å². The van der Waals surface area contributed by atoms with E-state index < -0.39 is 28.5 Å². The second kappa shape index (κ2) is 15.8. The molecule has 1 atom stereocenters. The molecule has 1 fully saturated rings. The molecule has 47 heavy (non-hydrogen) atoms. The molecular weight excluding hydrogens is 653 g/mol. The highest BCUT2D eigenvalue weighted by Gasteiger charge is 2.36. The van der Waals surface area contributed by atoms with Crippen LogP contribution in [0, 0.1) is 6.92 Å². The number of anilines is 1. The highest BCUT2D eigenvalue weighted by Crippen LogP contribution is 2.36. The average Bonchev–Trinajstić information content (AvgIpc) is 3.08. The first-order chi connectivity index (χ1) is 22.6. The Morgan fingerprint density at radius 1 is 0.809 bits per heavy atom. The molecule has 4 aromatic carbocycles. The molecule has 10 heteroatoms. The Hall–Kier alpha value is -3.85. The lowest BCUT2D eigenvalue weighted by molar-refractivity contribution is -0.140. The lowest BCUT2D eigenvalue weighted by atomic mass is 9.94. The molecule has 1 aliphatic rings. The number of hydrogen-bond acceptors (Lipinski definition) is 4. The number of nitrogens with one attached hydrogen (secondary N) is 1. The molecule has 1 saturated carbocycles. The molecule has 0 aliphatic heterocycles. The van der Waals surface area contributed by atoms with Crippen LogP contribution in [0.25, 0.3) is 0 Å². The minimum absolute atomic E-state index is 0.00238. The lowest BCUT2D eigenvalue weighted by Crippen LogP contribution is -2.55. The number of aryl methyl sites for hydroxylation is 1. The SMILES string of the molecule is Cc1ccc(S(=O)(=O)N(CC(=O)N(Cc2ccccc2)[C@@H](Cc2ccccc2)C(=O)NC2CCCCC2)c2cccc(Cl)c2Cl)cc1. The summed E-state index contributed by atoms with van der Waals surface area (Å²) in [4.78, 5) is 30.3. The molecule has 1 aliphatic carbocycles. The van der Waals surface area contributed by atoms with Gasteiger partial charge in [-0.2, -0.15) is 0 Å². The van der Waals surface area contributed by atoms with Gasteiger partial charge in [-0.15, -0.1) is 0 Å². The number of rotatable bonds is 12. The van der Waals surface area contributed by atoms with Crippen LogP contribution in [-0.2, 0) is 32.6 Å². The van der Waals surface area contributed by atoms with Crippen molar-refractivity contribution >= 4 is 50.7 Å². The summed E-state index contributed by atoms with van der Waals surface area (Å²) in [5.74, 6) is -0.820. The standard InChI is InChI=1S/C37H39Cl2N3O4S/c1-27-20-22-31(23-21-27)47(45,46)42(33-19-11-18-32(38)36(33)39)26-35(43)41(25-29-14-7-3-8-15-29)34(24-28-12-5-2-6-13-28)37(44)40-30-16-9-4-10-17-30/h2-3,5-8,11-15,18-23,30,34H,4,9-10,16-17,24-26H2,1H3,(H,40,44)/t34-/m0/s1. The van der Waals surface area contributed by atoms with Crippen molar-refractivity contribution in [3.05, 3.63) is 130 Å². The van der Waals surface area contributed by atoms with Gasteiger partial charge in [0.2, 0.25) is 11.8 Å². The molecular formula is C37H39Cl2N3O4S. The highest BCUT2D eigenvalue weighted by molar-refractivity contribution is 7.92. The second-order valence-corrected chi connectivity index (χ2v) is 14.6. The predicted octanol–water partition coefficient (Wildman–Crippen LogP) is 7.59. The molecule has 0 radical (unpaired) electrons. The number of hydrogen-bond donors (Lipinski definition) is 1. The quantitative estimate of drug-likeness (QED) is 0.166. The molecule has 4 aromatic rings. The van der Waals surface area contributed by atoms with E-state index in [1.807, 2.05) is 67.6 Å². The number of amides is 2. The maximum Gasteiger partial charge on any atom is 0.264 e. The van der Waals surface area contributed by atoms with E-state index in [2.05, 4.69) is 5.32 Å². The first-order valence-electron chi connectivity index (χ1n) is 15.8. The second-order valence-electron chi connectivity index (χ2n) is 12.0. The van der Waals surface area contributed by atoms with Crippen molar-refractivity contribution in [3.8, 4) is 0 Å². The van der Waals surface area contributed by atoms with Crippen LogP contribution in [0.3, 0.4) is 0 Å². The van der Waals surface area contributed by atoms with Gasteiger partial charge >= 0.3 is 0 Å². The van der Waals surface area contributed by atoms with Gasteiger partial charge in [0.1, 0.15) is 12.6 Å². The zero-order chi connectivity index (χ0) is 33.4. The van der Waals surface area contributed by atoms with Crippen molar-refractivity contribution in [3.63, 3.8) is 0 Å². The molecule has 0 saturated heterocycles. The Morgan fingerprint density at radius 2 is 1.43 bits per heavy atom. The first kappa shape index (κ1) is 34.5. The van der Waals surface area contributed by atoms with Crippen molar-refractivity contribution in [1.29, 1.82) is 0 Å². The molecule has 2 amide bonds. The Labute approximate surface area is 287 Å². The fraction of sp³-hybridized carbons (Fsp3) is 0.297. The molecule has 5 rings (SSSR count). The minimum atomic E-state index is -4.30. The summed E-state index contributed by atoms with van der Waals surface area (Å²) in [6, 6.07) is 29.1. The highest BCUT2D eigenvalue weighted by atomic mass is 35.5. The molecule has 0 spiro atoms. The zero-order valence-electron chi connectivity index (χ0n) is 26.3. The molecule has 1 N–H and O–H groups in total. The summed E-state index contributed by atoms with van der Waals surface area (Å²) in [6.45, 7) is 1.35. The van der Waals surface area contributed by atoms with Crippen molar-refractivity contribution in [1.82, 2.24) is 10.2 Å². The van der Waals surface area contributed by atoms with Crippen molar-refractivity contribution in [2.45, 2.75) is 69.0 Å². The van der Waals surface area contributed by atoms with Crippen LogP contribution in [0.1, 0.15) is 48.8 Å². The summed E-state index contributed by atoms with van der Waals surface area (Å²) >= 11 is 13.0. The number of halogens is 2. The van der Waals surface area contributed by atoms with E-state index in [4.69, 9.17) is 23.2 Å². The van der Waals surface area contributed by atoms with Crippen LogP contribution in [0.2, 0.25) is 10.0 Å². The molecule has 0 aromatic heterocycles. The smallest absolute Gasteiger partial charge is 0.264 e. The van der Waals surface area contributed by atoms with Gasteiger partial charge in [0, 0.05) is 19.0 Å². The molecule has 246 valence electrons. The maximum absolute atomic E-state index is 14.7. The van der Waals surface area contributed by atoms with Gasteiger partial charge in [0.25, 0.3) is 10.0 Å². The van der Waals surface area contributed by atoms with E-state index in [-0.39, 0.29) is 45.5 Å². The van der Waals surface area contributed by atoms with E-state index in [0.717, 1.165) is 53.1 Å². The Balaban J connectivity index is 1.57. The van der Waals surface area contributed by atoms with E-state index in [0.29, 0.717) is 0 Å². The lowest BCUT2D eigenvalue weighted by Gasteiger charge is -2.35. The zero-order valence-corrected chi connectivity index (χ0v) is 28.6. The van der Waals surface area contributed by atoms with Crippen molar-refractivity contribution in [2.24, 2.45) is 0 Å². The maximum atomic E-state index is 14.7. The first-order valence-corrected chi connectivity index (χ1v) is 18.0. The van der Waals surface area contributed by atoms with Crippen LogP contribution >= 0.6 is 23.2 Å². The van der Waals surface area contributed by atoms with E-state index in [1.165, 1.54) is 23.1 Å². The molecule has 0 heterocycles. The fourth-order valence-electron chi connectivity index (χ4n) is 5.91. The third-order valence-electron chi connectivity index (χ3n) is 8.51. The summed E-state index contributed by atoms with van der Waals surface area (Å²) in [7, 11) is -4.30. The summed E-state index contributed by atoms with van der Waals surface area (Å²) in [5, 5.41) is 3.37. The predicted molar refractivity (Wildman–Crippen MR) is 188 cm³/mol. The normalized spacial score (nSPS) is 14.3. The van der Waals surface area contributed by atoms with Crippen LogP contribution in [0.15, 0.2) is 108 Å². The number of benzene rings is 4. The Kier molecular flexibility index (Phi) is 11.6. The summed E-state index contributed by atoms with van der Waals surface area (Å²) < 4.78 is 29.5. The Morgan fingerprint density at radius 3 is 2.06 bits per heavy atom. The van der Waals surface area contributed by atoms with Gasteiger partial charge in [0.15, 0.2) is 0 Å². The van der Waals surface area contributed by atoms with E-state index in [9.17, 15) is 18.0 Å². The number of carbonyl (C=O) groups excluding carboxylic acids is 2. The van der Waals surface area contributed by atoms with Crippen LogP contribution in [0.5, 0.6) is 0 Å². The van der Waals surface area contributed by atoms with Gasteiger partial charge < -0.3 is 10.2 Å². The number of nitrogens with zero attached hydrogens (tertiary/aromatic N) is 2. The van der Waals surface area contributed by atoms with Gasteiger partial charge in [0.05, 0.1) is 20.6 Å². The third-order valence-corrected chi connectivity index (χ3v) is 11.1. The van der Waals surface area contributed by atoms with Gasteiger partial charge in [-0.3, -0.25) is 13.9 Å². The minimum Gasteiger partial charge on any atom is -0.352 e. The van der Waals surface area contributed by atoms with Crippen LogP contribution in [-0.4, -0.2) is 43.8 Å². The van der Waals surface area contributed by atoms with Gasteiger partial charge in [-0.05, 0) is 55.2 Å². The average molecular weight is 693 g/mol. The molecule has 0 unspecified atom stereocenters.